The fourth-order valence-electron chi connectivity index (χ4n) is 4.24. The summed E-state index contributed by atoms with van der Waals surface area (Å²) in [7, 11) is 1.69. The number of carbonyl (C=O) groups excluding carboxylic acids is 1. The lowest BCUT2D eigenvalue weighted by Crippen LogP contribution is -2.46. The Morgan fingerprint density at radius 2 is 1.91 bits per heavy atom. The molecule has 1 saturated heterocycles. The molecule has 0 aromatic heterocycles. The Morgan fingerprint density at radius 1 is 1.16 bits per heavy atom. The van der Waals surface area contributed by atoms with Gasteiger partial charge in [0.05, 0.1) is 5.69 Å². The SMILES string of the molecule is CN=C(NCCC(=O)NC1CCCCC1)NC1CCN(c2ccccc2OC(F)F)C1.I. The number of halogens is 3. The molecule has 2 fully saturated rings. The van der Waals surface area contributed by atoms with E-state index in [0.29, 0.717) is 37.2 Å². The molecule has 1 aromatic carbocycles. The highest BCUT2D eigenvalue weighted by molar-refractivity contribution is 14.0. The monoisotopic (exact) mass is 565 g/mol. The molecule has 32 heavy (non-hydrogen) atoms. The molecule has 180 valence electrons. The number of amides is 1. The first-order valence-corrected chi connectivity index (χ1v) is 11.1. The van der Waals surface area contributed by atoms with E-state index in [4.69, 9.17) is 0 Å². The lowest BCUT2D eigenvalue weighted by atomic mass is 9.95. The predicted molar refractivity (Wildman–Crippen MR) is 133 cm³/mol. The number of nitrogens with zero attached hydrogens (tertiary/aromatic N) is 2. The normalized spacial score (nSPS) is 19.4. The summed E-state index contributed by atoms with van der Waals surface area (Å²) >= 11 is 0. The Balaban J connectivity index is 0.00000363. The molecule has 1 unspecified atom stereocenters. The van der Waals surface area contributed by atoms with E-state index in [9.17, 15) is 13.6 Å². The maximum atomic E-state index is 12.7. The van der Waals surface area contributed by atoms with Gasteiger partial charge in [-0.15, -0.1) is 24.0 Å². The molecule has 0 radical (unpaired) electrons. The van der Waals surface area contributed by atoms with Gasteiger partial charge in [-0.25, -0.2) is 0 Å². The Bertz CT molecular complexity index is 747. The van der Waals surface area contributed by atoms with Gasteiger partial charge < -0.3 is 25.6 Å². The second-order valence-corrected chi connectivity index (χ2v) is 8.07. The van der Waals surface area contributed by atoms with Crippen LogP contribution in [0.15, 0.2) is 29.3 Å². The van der Waals surface area contributed by atoms with Gasteiger partial charge in [-0.2, -0.15) is 8.78 Å². The third kappa shape index (κ3) is 8.25. The first-order valence-electron chi connectivity index (χ1n) is 11.1. The molecule has 1 aliphatic heterocycles. The summed E-state index contributed by atoms with van der Waals surface area (Å²) in [5.74, 6) is 0.886. The standard InChI is InChI=1S/C22H33F2N5O2.HI/c1-25-22(26-13-11-20(30)27-16-7-3-2-4-8-16)28-17-12-14-29(15-17)18-9-5-6-10-19(18)31-21(23)24;/h5-6,9-10,16-17,21H,2-4,7-8,11-15H2,1H3,(H,27,30)(H2,25,26,28);1H. The third-order valence-corrected chi connectivity index (χ3v) is 5.79. The van der Waals surface area contributed by atoms with Crippen LogP contribution < -0.4 is 25.6 Å². The van der Waals surface area contributed by atoms with Crippen molar-refractivity contribution in [3.8, 4) is 5.75 Å². The molecular weight excluding hydrogens is 531 g/mol. The minimum absolute atomic E-state index is 0. The average Bonchev–Trinajstić information content (AvgIpc) is 3.22. The van der Waals surface area contributed by atoms with Crippen molar-refractivity contribution in [2.45, 2.75) is 63.6 Å². The number of hydrogen-bond acceptors (Lipinski definition) is 4. The van der Waals surface area contributed by atoms with Crippen molar-refractivity contribution in [2.24, 2.45) is 4.99 Å². The topological polar surface area (TPSA) is 78.0 Å². The Kier molecular flexibility index (Phi) is 11.3. The van der Waals surface area contributed by atoms with Crippen LogP contribution in [0.3, 0.4) is 0 Å². The van der Waals surface area contributed by atoms with Crippen LogP contribution in [0.2, 0.25) is 0 Å². The molecule has 3 N–H and O–H groups in total. The first kappa shape index (κ1) is 26.4. The van der Waals surface area contributed by atoms with E-state index in [0.717, 1.165) is 25.8 Å². The summed E-state index contributed by atoms with van der Waals surface area (Å²) in [4.78, 5) is 18.4. The molecule has 10 heteroatoms. The average molecular weight is 565 g/mol. The van der Waals surface area contributed by atoms with Gasteiger partial charge >= 0.3 is 6.61 Å². The van der Waals surface area contributed by atoms with Crippen molar-refractivity contribution in [1.82, 2.24) is 16.0 Å². The van der Waals surface area contributed by atoms with Crippen molar-refractivity contribution in [2.75, 3.05) is 31.6 Å². The quantitative estimate of drug-likeness (QED) is 0.256. The van der Waals surface area contributed by atoms with E-state index >= 15 is 0 Å². The van der Waals surface area contributed by atoms with E-state index < -0.39 is 6.61 Å². The van der Waals surface area contributed by atoms with Gasteiger partial charge in [-0.05, 0) is 31.4 Å². The van der Waals surface area contributed by atoms with E-state index in [-0.39, 0.29) is 41.7 Å². The predicted octanol–water partition coefficient (Wildman–Crippen LogP) is 3.49. The highest BCUT2D eigenvalue weighted by Crippen LogP contribution is 2.31. The third-order valence-electron chi connectivity index (χ3n) is 5.79. The largest absolute Gasteiger partial charge is 0.433 e. The van der Waals surface area contributed by atoms with Crippen molar-refractivity contribution in [3.63, 3.8) is 0 Å². The minimum Gasteiger partial charge on any atom is -0.433 e. The van der Waals surface area contributed by atoms with Crippen LogP contribution in [0, 0.1) is 0 Å². The first-order chi connectivity index (χ1) is 15.0. The molecule has 1 aromatic rings. The van der Waals surface area contributed by atoms with E-state index in [1.807, 2.05) is 11.0 Å². The molecule has 3 rings (SSSR count). The van der Waals surface area contributed by atoms with Crippen LogP contribution in [-0.2, 0) is 4.79 Å². The summed E-state index contributed by atoms with van der Waals surface area (Å²) in [6.07, 6.45) is 7.03. The molecule has 1 atom stereocenters. The van der Waals surface area contributed by atoms with Crippen LogP contribution in [0.25, 0.3) is 0 Å². The molecule has 7 nitrogen and oxygen atoms in total. The van der Waals surface area contributed by atoms with Gasteiger partial charge in [0.2, 0.25) is 5.91 Å². The number of para-hydroxylation sites is 2. The molecule has 1 saturated carbocycles. The fraction of sp³-hybridized carbons (Fsp3) is 0.636. The zero-order chi connectivity index (χ0) is 22.1. The minimum atomic E-state index is -2.85. The molecule has 1 heterocycles. The number of nitrogens with one attached hydrogen (secondary N) is 3. The van der Waals surface area contributed by atoms with Crippen molar-refractivity contribution < 1.29 is 18.3 Å². The highest BCUT2D eigenvalue weighted by Gasteiger charge is 2.26. The lowest BCUT2D eigenvalue weighted by molar-refractivity contribution is -0.121. The molecule has 1 amide bonds. The maximum Gasteiger partial charge on any atom is 0.387 e. The molecule has 0 bridgehead atoms. The number of carbonyl (C=O) groups is 1. The van der Waals surface area contributed by atoms with Crippen LogP contribution in [0.5, 0.6) is 5.75 Å². The van der Waals surface area contributed by atoms with Gasteiger partial charge in [-0.3, -0.25) is 9.79 Å². The lowest BCUT2D eigenvalue weighted by Gasteiger charge is -2.23. The van der Waals surface area contributed by atoms with E-state index in [1.54, 1.807) is 25.2 Å². The number of benzene rings is 1. The van der Waals surface area contributed by atoms with Gasteiger partial charge in [0.1, 0.15) is 5.75 Å². The number of alkyl halides is 2. The summed E-state index contributed by atoms with van der Waals surface area (Å²) in [5, 5.41) is 9.66. The summed E-state index contributed by atoms with van der Waals surface area (Å²) in [6, 6.07) is 7.28. The summed E-state index contributed by atoms with van der Waals surface area (Å²) < 4.78 is 30.0. The fourth-order valence-corrected chi connectivity index (χ4v) is 4.24. The highest BCUT2D eigenvalue weighted by atomic mass is 127. The van der Waals surface area contributed by atoms with Gasteiger partial charge in [0, 0.05) is 45.2 Å². The Labute approximate surface area is 205 Å². The van der Waals surface area contributed by atoms with Crippen LogP contribution in [0.4, 0.5) is 14.5 Å². The number of rotatable bonds is 8. The smallest absolute Gasteiger partial charge is 0.387 e. The van der Waals surface area contributed by atoms with Crippen LogP contribution in [0.1, 0.15) is 44.9 Å². The molecule has 0 spiro atoms. The number of hydrogen-bond donors (Lipinski definition) is 3. The number of ether oxygens (including phenoxy) is 1. The van der Waals surface area contributed by atoms with Crippen molar-refractivity contribution in [3.05, 3.63) is 24.3 Å². The zero-order valence-electron chi connectivity index (χ0n) is 18.5. The van der Waals surface area contributed by atoms with Crippen molar-refractivity contribution >= 4 is 41.5 Å². The van der Waals surface area contributed by atoms with Crippen LogP contribution in [-0.4, -0.2) is 57.2 Å². The number of anilines is 1. The second-order valence-electron chi connectivity index (χ2n) is 8.07. The van der Waals surface area contributed by atoms with Gasteiger partial charge in [0.15, 0.2) is 5.96 Å². The van der Waals surface area contributed by atoms with E-state index in [2.05, 4.69) is 25.7 Å². The molecule has 2 aliphatic rings. The van der Waals surface area contributed by atoms with Gasteiger partial charge in [0.25, 0.3) is 0 Å². The summed E-state index contributed by atoms with van der Waals surface area (Å²) in [6.45, 7) is -0.982. The number of guanidine groups is 1. The van der Waals surface area contributed by atoms with Crippen LogP contribution >= 0.6 is 24.0 Å². The van der Waals surface area contributed by atoms with Gasteiger partial charge in [-0.1, -0.05) is 31.4 Å². The van der Waals surface area contributed by atoms with Crippen molar-refractivity contribution in [1.29, 1.82) is 0 Å². The second kappa shape index (κ2) is 13.6. The maximum absolute atomic E-state index is 12.7. The zero-order valence-corrected chi connectivity index (χ0v) is 20.8. The Hall–Kier alpha value is -1.85. The molecular formula is C22H34F2IN5O2. The molecule has 1 aliphatic carbocycles. The number of aliphatic imine (C=N–C) groups is 1. The Morgan fingerprint density at radius 3 is 2.62 bits per heavy atom. The summed E-state index contributed by atoms with van der Waals surface area (Å²) in [5.41, 5.74) is 0.662. The van der Waals surface area contributed by atoms with E-state index in [1.165, 1.54) is 19.3 Å².